The molecule has 0 radical (unpaired) electrons. The fourth-order valence-electron chi connectivity index (χ4n) is 2.03. The topological polar surface area (TPSA) is 91.7 Å². The maximum atomic E-state index is 12.0. The lowest BCUT2D eigenvalue weighted by Crippen LogP contribution is -2.37. The number of likely N-dealkylation sites (N-methyl/N-ethyl adjacent to an activating group) is 1. The summed E-state index contributed by atoms with van der Waals surface area (Å²) in [7, 11) is 1.54. The fourth-order valence-corrected chi connectivity index (χ4v) is 2.41. The van der Waals surface area contributed by atoms with E-state index in [1.54, 1.807) is 19.2 Å². The molecule has 8 heteroatoms. The Kier molecular flexibility index (Phi) is 6.76. The Bertz CT molecular complexity index is 746. The SMILES string of the molecule is CN(CC(=O)Nc1ccccc1Br)C(=O)CCNC(=O)c1ccoc1. The molecule has 1 aromatic carbocycles. The first-order valence-electron chi connectivity index (χ1n) is 7.56. The number of nitrogens with zero attached hydrogens (tertiary/aromatic N) is 1. The number of furan rings is 1. The van der Waals surface area contributed by atoms with E-state index in [4.69, 9.17) is 4.42 Å². The van der Waals surface area contributed by atoms with Crippen molar-refractivity contribution in [2.45, 2.75) is 6.42 Å². The van der Waals surface area contributed by atoms with Gasteiger partial charge in [-0.15, -0.1) is 0 Å². The van der Waals surface area contributed by atoms with Gasteiger partial charge >= 0.3 is 0 Å². The zero-order valence-electron chi connectivity index (χ0n) is 13.6. The van der Waals surface area contributed by atoms with E-state index in [1.807, 2.05) is 12.1 Å². The molecule has 0 atom stereocenters. The lowest BCUT2D eigenvalue weighted by atomic mass is 10.3. The van der Waals surface area contributed by atoms with Crippen molar-refractivity contribution in [2.75, 3.05) is 25.5 Å². The van der Waals surface area contributed by atoms with Gasteiger partial charge in [-0.25, -0.2) is 0 Å². The lowest BCUT2D eigenvalue weighted by molar-refractivity contribution is -0.133. The van der Waals surface area contributed by atoms with Crippen molar-refractivity contribution in [1.29, 1.82) is 0 Å². The zero-order chi connectivity index (χ0) is 18.2. The Morgan fingerprint density at radius 3 is 2.64 bits per heavy atom. The molecular weight excluding hydrogens is 390 g/mol. The van der Waals surface area contributed by atoms with Gasteiger partial charge < -0.3 is 20.0 Å². The molecule has 0 unspecified atom stereocenters. The summed E-state index contributed by atoms with van der Waals surface area (Å²) < 4.78 is 5.58. The van der Waals surface area contributed by atoms with Gasteiger partial charge in [0.05, 0.1) is 24.1 Å². The second kappa shape index (κ2) is 9.03. The molecule has 0 aliphatic rings. The molecule has 0 bridgehead atoms. The number of carbonyl (C=O) groups excluding carboxylic acids is 3. The molecule has 1 heterocycles. The highest BCUT2D eigenvalue weighted by atomic mass is 79.9. The van der Waals surface area contributed by atoms with Gasteiger partial charge in [-0.1, -0.05) is 12.1 Å². The first-order valence-corrected chi connectivity index (χ1v) is 8.35. The molecule has 0 spiro atoms. The van der Waals surface area contributed by atoms with Gasteiger partial charge in [0.1, 0.15) is 6.26 Å². The molecular formula is C17H18BrN3O4. The number of carbonyl (C=O) groups is 3. The molecule has 132 valence electrons. The van der Waals surface area contributed by atoms with E-state index >= 15 is 0 Å². The standard InChI is InChI=1S/C17H18BrN3O4/c1-21(10-15(22)20-14-5-3-2-4-13(14)18)16(23)6-8-19-17(24)12-7-9-25-11-12/h2-5,7,9,11H,6,8,10H2,1H3,(H,19,24)(H,20,22). The minimum absolute atomic E-state index is 0.0736. The van der Waals surface area contributed by atoms with E-state index in [-0.39, 0.29) is 37.2 Å². The van der Waals surface area contributed by atoms with Crippen molar-refractivity contribution in [3.05, 3.63) is 52.9 Å². The number of amides is 3. The Morgan fingerprint density at radius 1 is 1.20 bits per heavy atom. The number of hydrogen-bond donors (Lipinski definition) is 2. The van der Waals surface area contributed by atoms with Crippen molar-refractivity contribution in [2.24, 2.45) is 0 Å². The first-order chi connectivity index (χ1) is 12.0. The van der Waals surface area contributed by atoms with Crippen LogP contribution in [0.2, 0.25) is 0 Å². The van der Waals surface area contributed by atoms with Crippen LogP contribution in [0.3, 0.4) is 0 Å². The van der Waals surface area contributed by atoms with Gasteiger partial charge in [-0.3, -0.25) is 14.4 Å². The quantitative estimate of drug-likeness (QED) is 0.735. The smallest absolute Gasteiger partial charge is 0.254 e. The van der Waals surface area contributed by atoms with Gasteiger partial charge in [-0.2, -0.15) is 0 Å². The minimum Gasteiger partial charge on any atom is -0.472 e. The Labute approximate surface area is 153 Å². The molecule has 0 aliphatic heterocycles. The van der Waals surface area contributed by atoms with Crippen LogP contribution in [-0.2, 0) is 9.59 Å². The Hall–Kier alpha value is -2.61. The highest BCUT2D eigenvalue weighted by molar-refractivity contribution is 9.10. The highest BCUT2D eigenvalue weighted by Crippen LogP contribution is 2.20. The van der Waals surface area contributed by atoms with Crippen LogP contribution in [0.15, 0.2) is 51.7 Å². The number of rotatable bonds is 7. The predicted molar refractivity (Wildman–Crippen MR) is 96.1 cm³/mol. The van der Waals surface area contributed by atoms with Crippen molar-refractivity contribution < 1.29 is 18.8 Å². The molecule has 2 aromatic rings. The summed E-state index contributed by atoms with van der Waals surface area (Å²) in [6, 6.07) is 8.75. The van der Waals surface area contributed by atoms with Crippen molar-refractivity contribution in [3.63, 3.8) is 0 Å². The van der Waals surface area contributed by atoms with E-state index in [9.17, 15) is 14.4 Å². The molecule has 0 saturated carbocycles. The summed E-state index contributed by atoms with van der Waals surface area (Å²) >= 11 is 3.34. The largest absolute Gasteiger partial charge is 0.472 e. The third-order valence-electron chi connectivity index (χ3n) is 3.36. The zero-order valence-corrected chi connectivity index (χ0v) is 15.2. The lowest BCUT2D eigenvalue weighted by Gasteiger charge is -2.17. The Balaban J connectivity index is 1.73. The normalized spacial score (nSPS) is 10.2. The number of halogens is 1. The average Bonchev–Trinajstić information content (AvgIpc) is 3.11. The molecule has 2 rings (SSSR count). The monoisotopic (exact) mass is 407 g/mol. The summed E-state index contributed by atoms with van der Waals surface area (Å²) in [5, 5.41) is 5.35. The molecule has 25 heavy (non-hydrogen) atoms. The van der Waals surface area contributed by atoms with E-state index in [2.05, 4.69) is 26.6 Å². The fraction of sp³-hybridized carbons (Fsp3) is 0.235. The van der Waals surface area contributed by atoms with Crippen LogP contribution in [0.4, 0.5) is 5.69 Å². The van der Waals surface area contributed by atoms with Gasteiger partial charge in [0, 0.05) is 24.5 Å². The van der Waals surface area contributed by atoms with Crippen LogP contribution in [0.1, 0.15) is 16.8 Å². The second-order valence-corrected chi connectivity index (χ2v) is 6.15. The van der Waals surface area contributed by atoms with Crippen LogP contribution in [0, 0.1) is 0 Å². The van der Waals surface area contributed by atoms with Crippen LogP contribution in [0.5, 0.6) is 0 Å². The third kappa shape index (κ3) is 5.75. The van der Waals surface area contributed by atoms with Gasteiger partial charge in [0.15, 0.2) is 0 Å². The van der Waals surface area contributed by atoms with Crippen LogP contribution in [0.25, 0.3) is 0 Å². The summed E-state index contributed by atoms with van der Waals surface area (Å²) in [6.45, 7) is 0.106. The van der Waals surface area contributed by atoms with Crippen molar-refractivity contribution in [3.8, 4) is 0 Å². The molecule has 3 amide bonds. The molecule has 0 aliphatic carbocycles. The summed E-state index contributed by atoms with van der Waals surface area (Å²) in [6.07, 6.45) is 2.83. The molecule has 2 N–H and O–H groups in total. The molecule has 7 nitrogen and oxygen atoms in total. The summed E-state index contributed by atoms with van der Waals surface area (Å²) in [4.78, 5) is 37.1. The summed E-state index contributed by atoms with van der Waals surface area (Å²) in [5.74, 6) is -0.851. The summed E-state index contributed by atoms with van der Waals surface area (Å²) in [5.41, 5.74) is 1.04. The van der Waals surface area contributed by atoms with Crippen LogP contribution < -0.4 is 10.6 Å². The van der Waals surface area contributed by atoms with Crippen LogP contribution >= 0.6 is 15.9 Å². The number of hydrogen-bond acceptors (Lipinski definition) is 4. The number of anilines is 1. The van der Waals surface area contributed by atoms with Crippen molar-refractivity contribution >= 4 is 39.3 Å². The second-order valence-electron chi connectivity index (χ2n) is 5.30. The molecule has 0 fully saturated rings. The van der Waals surface area contributed by atoms with Crippen LogP contribution in [-0.4, -0.2) is 42.8 Å². The predicted octanol–water partition coefficient (Wildman–Crippen LogP) is 2.26. The van der Waals surface area contributed by atoms with E-state index in [0.717, 1.165) is 4.47 Å². The number of benzene rings is 1. The molecule has 0 saturated heterocycles. The highest BCUT2D eigenvalue weighted by Gasteiger charge is 2.14. The first kappa shape index (κ1) is 18.7. The van der Waals surface area contributed by atoms with E-state index < -0.39 is 0 Å². The van der Waals surface area contributed by atoms with Gasteiger partial charge in [-0.05, 0) is 34.1 Å². The van der Waals surface area contributed by atoms with Gasteiger partial charge in [0.2, 0.25) is 11.8 Å². The van der Waals surface area contributed by atoms with E-state index in [0.29, 0.717) is 11.3 Å². The average molecular weight is 408 g/mol. The molecule has 1 aromatic heterocycles. The van der Waals surface area contributed by atoms with Gasteiger partial charge in [0.25, 0.3) is 5.91 Å². The van der Waals surface area contributed by atoms with E-state index in [1.165, 1.54) is 23.5 Å². The number of nitrogens with one attached hydrogen (secondary N) is 2. The van der Waals surface area contributed by atoms with Crippen molar-refractivity contribution in [1.82, 2.24) is 10.2 Å². The maximum Gasteiger partial charge on any atom is 0.254 e. The number of para-hydroxylation sites is 1. The Morgan fingerprint density at radius 2 is 1.96 bits per heavy atom. The minimum atomic E-state index is -0.309. The third-order valence-corrected chi connectivity index (χ3v) is 4.05. The maximum absolute atomic E-state index is 12.0.